The van der Waals surface area contributed by atoms with Crippen LogP contribution in [0.25, 0.3) is 0 Å². The van der Waals surface area contributed by atoms with Crippen molar-refractivity contribution in [3.8, 4) is 6.07 Å². The molecule has 2 heterocycles. The minimum atomic E-state index is -0.131. The van der Waals surface area contributed by atoms with Gasteiger partial charge in [0.15, 0.2) is 12.6 Å². The van der Waals surface area contributed by atoms with E-state index in [1.165, 1.54) is 0 Å². The molecule has 2 aromatic rings. The van der Waals surface area contributed by atoms with Crippen molar-refractivity contribution in [2.75, 3.05) is 0 Å². The molecular formula is C14H12ClN5O2. The normalized spacial score (nSPS) is 8.32. The van der Waals surface area contributed by atoms with Crippen molar-refractivity contribution in [1.29, 1.82) is 10.7 Å². The molecule has 0 bridgehead atoms. The molecule has 0 spiro atoms. The van der Waals surface area contributed by atoms with Crippen LogP contribution in [0.15, 0.2) is 36.4 Å². The van der Waals surface area contributed by atoms with E-state index in [2.05, 4.69) is 9.97 Å². The number of aromatic nitrogens is 2. The van der Waals surface area contributed by atoms with Crippen molar-refractivity contribution in [3.05, 3.63) is 59.2 Å². The number of hydrogen-bond acceptors (Lipinski definition) is 6. The Morgan fingerprint density at radius 3 is 2.14 bits per heavy atom. The van der Waals surface area contributed by atoms with E-state index in [4.69, 9.17) is 16.4 Å². The predicted molar refractivity (Wildman–Crippen MR) is 82.2 cm³/mol. The van der Waals surface area contributed by atoms with E-state index < -0.39 is 0 Å². The molecule has 2 aromatic heterocycles. The molecular weight excluding hydrogens is 306 g/mol. The Morgan fingerprint density at radius 1 is 1.09 bits per heavy atom. The maximum atomic E-state index is 10.2. The maximum absolute atomic E-state index is 10.2. The molecule has 0 aliphatic rings. The molecule has 7 nitrogen and oxygen atoms in total. The van der Waals surface area contributed by atoms with Gasteiger partial charge in [0, 0.05) is 0 Å². The second-order valence-corrected chi connectivity index (χ2v) is 3.66. The first-order valence-electron chi connectivity index (χ1n) is 5.69. The van der Waals surface area contributed by atoms with Crippen LogP contribution in [0.1, 0.15) is 32.4 Å². The lowest BCUT2D eigenvalue weighted by Gasteiger charge is -1.95. The minimum Gasteiger partial charge on any atom is -0.382 e. The van der Waals surface area contributed by atoms with Gasteiger partial charge in [-0.25, -0.2) is 9.97 Å². The zero-order chi connectivity index (χ0) is 15.7. The highest BCUT2D eigenvalue weighted by molar-refractivity contribution is 5.93. The molecule has 0 aliphatic heterocycles. The highest BCUT2D eigenvalue weighted by Crippen LogP contribution is 1.95. The molecule has 3 N–H and O–H groups in total. The van der Waals surface area contributed by atoms with E-state index in [0.29, 0.717) is 24.0 Å². The summed E-state index contributed by atoms with van der Waals surface area (Å²) in [7, 11) is 0. The number of pyridine rings is 2. The quantitative estimate of drug-likeness (QED) is 0.498. The molecule has 2 rings (SSSR count). The van der Waals surface area contributed by atoms with Gasteiger partial charge in [-0.1, -0.05) is 12.1 Å². The lowest BCUT2D eigenvalue weighted by molar-refractivity contribution is 0.111. The summed E-state index contributed by atoms with van der Waals surface area (Å²) in [5.41, 5.74) is 6.32. The summed E-state index contributed by atoms with van der Waals surface area (Å²) in [5, 5.41) is 15.3. The number of nitrogens with one attached hydrogen (secondary N) is 1. The van der Waals surface area contributed by atoms with Crippen LogP contribution >= 0.6 is 12.4 Å². The number of amidine groups is 1. The lowest BCUT2D eigenvalue weighted by Crippen LogP contribution is -2.13. The molecule has 22 heavy (non-hydrogen) atoms. The summed E-state index contributed by atoms with van der Waals surface area (Å²) in [5.74, 6) is -0.131. The Labute approximate surface area is 132 Å². The van der Waals surface area contributed by atoms with Crippen molar-refractivity contribution >= 4 is 30.8 Å². The van der Waals surface area contributed by atoms with Crippen LogP contribution < -0.4 is 5.73 Å². The van der Waals surface area contributed by atoms with Gasteiger partial charge in [0.05, 0.1) is 0 Å². The summed E-state index contributed by atoms with van der Waals surface area (Å²) in [6.07, 6.45) is 1.23. The van der Waals surface area contributed by atoms with Gasteiger partial charge in [0.1, 0.15) is 34.7 Å². The monoisotopic (exact) mass is 317 g/mol. The summed E-state index contributed by atoms with van der Waals surface area (Å²) in [4.78, 5) is 27.8. The number of nitrogens with two attached hydrogens (primary N) is 1. The molecule has 0 saturated heterocycles. The van der Waals surface area contributed by atoms with Crippen LogP contribution in [-0.4, -0.2) is 28.4 Å². The summed E-state index contributed by atoms with van der Waals surface area (Å²) >= 11 is 0. The van der Waals surface area contributed by atoms with E-state index in [1.54, 1.807) is 36.4 Å². The van der Waals surface area contributed by atoms with Gasteiger partial charge in [-0.05, 0) is 24.3 Å². The molecule has 0 radical (unpaired) electrons. The standard InChI is InChI=1S/C7H7N3O.C7H4N2O.ClH/c8-7(9)6-3-1-2-5(4-11)10-6;8-4-6-2-1-3-7(5-10)9-6;/h1-4H,(H3,8,9);1-3,5H;1H. The fraction of sp³-hybridized carbons (Fsp3) is 0. The van der Waals surface area contributed by atoms with Crippen LogP contribution in [0.3, 0.4) is 0 Å². The second kappa shape index (κ2) is 9.74. The number of nitrogen functional groups attached to an aromatic ring is 1. The Kier molecular flexibility index (Phi) is 8.36. The summed E-state index contributed by atoms with van der Waals surface area (Å²) in [6, 6.07) is 11.3. The maximum Gasteiger partial charge on any atom is 0.168 e. The van der Waals surface area contributed by atoms with Crippen molar-refractivity contribution < 1.29 is 9.59 Å². The van der Waals surface area contributed by atoms with Crippen LogP contribution in [0.2, 0.25) is 0 Å². The number of nitrogens with zero attached hydrogens (tertiary/aromatic N) is 3. The van der Waals surface area contributed by atoms with E-state index in [1.807, 2.05) is 6.07 Å². The highest BCUT2D eigenvalue weighted by atomic mass is 35.5. The third kappa shape index (κ3) is 5.90. The zero-order valence-corrected chi connectivity index (χ0v) is 12.1. The third-order valence-electron chi connectivity index (χ3n) is 2.17. The van der Waals surface area contributed by atoms with E-state index in [0.717, 1.165) is 0 Å². The van der Waals surface area contributed by atoms with Gasteiger partial charge in [-0.15, -0.1) is 12.4 Å². The van der Waals surface area contributed by atoms with Gasteiger partial charge in [0.2, 0.25) is 0 Å². The van der Waals surface area contributed by atoms with Crippen LogP contribution in [0.4, 0.5) is 0 Å². The highest BCUT2D eigenvalue weighted by Gasteiger charge is 1.97. The smallest absolute Gasteiger partial charge is 0.168 e. The SMILES string of the molecule is Cl.N#Cc1cccc(C=O)n1.N=C(N)c1cccc(C=O)n1. The average Bonchev–Trinajstić information content (AvgIpc) is 2.55. The fourth-order valence-electron chi connectivity index (χ4n) is 1.25. The second-order valence-electron chi connectivity index (χ2n) is 3.66. The molecule has 0 aliphatic carbocycles. The van der Waals surface area contributed by atoms with E-state index >= 15 is 0 Å². The zero-order valence-electron chi connectivity index (χ0n) is 11.3. The number of carbonyl (C=O) groups is 2. The minimum absolute atomic E-state index is 0. The third-order valence-corrected chi connectivity index (χ3v) is 2.17. The van der Waals surface area contributed by atoms with Crippen molar-refractivity contribution in [1.82, 2.24) is 9.97 Å². The van der Waals surface area contributed by atoms with Crippen molar-refractivity contribution in [2.24, 2.45) is 5.73 Å². The molecule has 0 unspecified atom stereocenters. The fourth-order valence-corrected chi connectivity index (χ4v) is 1.25. The Hall–Kier alpha value is -3.11. The first-order chi connectivity index (χ1) is 10.1. The van der Waals surface area contributed by atoms with Gasteiger partial charge >= 0.3 is 0 Å². The molecule has 0 saturated carbocycles. The van der Waals surface area contributed by atoms with Gasteiger partial charge < -0.3 is 5.73 Å². The summed E-state index contributed by atoms with van der Waals surface area (Å²) < 4.78 is 0. The molecule has 0 aromatic carbocycles. The molecule has 0 atom stereocenters. The number of aldehydes is 2. The van der Waals surface area contributed by atoms with Gasteiger partial charge in [0.25, 0.3) is 0 Å². The van der Waals surface area contributed by atoms with Crippen LogP contribution in [0.5, 0.6) is 0 Å². The summed E-state index contributed by atoms with van der Waals surface area (Å²) in [6.45, 7) is 0. The van der Waals surface area contributed by atoms with Crippen LogP contribution in [-0.2, 0) is 0 Å². The number of carbonyl (C=O) groups excluding carboxylic acids is 2. The van der Waals surface area contributed by atoms with Crippen LogP contribution in [0, 0.1) is 16.7 Å². The molecule has 112 valence electrons. The molecule has 0 amide bonds. The van der Waals surface area contributed by atoms with E-state index in [9.17, 15) is 9.59 Å². The average molecular weight is 318 g/mol. The lowest BCUT2D eigenvalue weighted by atomic mass is 10.3. The van der Waals surface area contributed by atoms with Crippen molar-refractivity contribution in [2.45, 2.75) is 0 Å². The number of hydrogen-bond donors (Lipinski definition) is 2. The van der Waals surface area contributed by atoms with Crippen molar-refractivity contribution in [3.63, 3.8) is 0 Å². The Balaban J connectivity index is 0.000000385. The number of nitriles is 1. The largest absolute Gasteiger partial charge is 0.382 e. The molecule has 0 fully saturated rings. The van der Waals surface area contributed by atoms with E-state index in [-0.39, 0.29) is 29.6 Å². The predicted octanol–water partition coefficient (Wildman–Crippen LogP) is 1.37. The Bertz CT molecular complexity index is 712. The van der Waals surface area contributed by atoms with Gasteiger partial charge in [-0.3, -0.25) is 15.0 Å². The van der Waals surface area contributed by atoms with Gasteiger partial charge in [-0.2, -0.15) is 5.26 Å². The first-order valence-corrected chi connectivity index (χ1v) is 5.69. The number of halogens is 1. The molecule has 8 heteroatoms. The number of rotatable bonds is 3. The topological polar surface area (TPSA) is 134 Å². The first kappa shape index (κ1) is 18.9. The Morgan fingerprint density at radius 2 is 1.64 bits per heavy atom.